The lowest BCUT2D eigenvalue weighted by Gasteiger charge is -2.17. The maximum atomic E-state index is 6.42. The minimum atomic E-state index is 0.372. The Morgan fingerprint density at radius 2 is 2.20 bits per heavy atom. The van der Waals surface area contributed by atoms with Crippen LogP contribution in [0.2, 0.25) is 0 Å². The lowest BCUT2D eigenvalue weighted by molar-refractivity contribution is 0.464. The fourth-order valence-electron chi connectivity index (χ4n) is 2.29. The number of thiazole rings is 1. The number of rotatable bonds is 2. The summed E-state index contributed by atoms with van der Waals surface area (Å²) >= 11 is 8.20. The first-order valence-corrected chi connectivity index (χ1v) is 7.12. The van der Waals surface area contributed by atoms with E-state index in [1.54, 1.807) is 11.3 Å². The summed E-state index contributed by atoms with van der Waals surface area (Å²) < 4.78 is 0. The molecule has 15 heavy (non-hydrogen) atoms. The molecule has 1 aromatic heterocycles. The minimum Gasteiger partial charge on any atom is -0.247 e. The second-order valence-electron chi connectivity index (χ2n) is 4.50. The zero-order valence-electron chi connectivity index (χ0n) is 9.21. The Hall–Kier alpha value is -0.0800. The fraction of sp³-hybridized carbons (Fsp3) is 0.750. The SMILES string of the molecule is Cc1csc(CC2CCCCCC2Cl)n1. The fourth-order valence-corrected chi connectivity index (χ4v) is 3.53. The molecule has 2 unspecified atom stereocenters. The average molecular weight is 244 g/mol. The lowest BCUT2D eigenvalue weighted by atomic mass is 9.96. The Labute approximate surface area is 101 Å². The van der Waals surface area contributed by atoms with Crippen LogP contribution in [0.15, 0.2) is 5.38 Å². The Morgan fingerprint density at radius 1 is 1.40 bits per heavy atom. The molecule has 1 fully saturated rings. The number of nitrogens with zero attached hydrogens (tertiary/aromatic N) is 1. The molecule has 1 aromatic rings. The maximum Gasteiger partial charge on any atom is 0.0931 e. The van der Waals surface area contributed by atoms with Gasteiger partial charge < -0.3 is 0 Å². The summed E-state index contributed by atoms with van der Waals surface area (Å²) in [6.07, 6.45) is 7.58. The van der Waals surface area contributed by atoms with Gasteiger partial charge in [-0.1, -0.05) is 19.3 Å². The van der Waals surface area contributed by atoms with Crippen molar-refractivity contribution >= 4 is 22.9 Å². The van der Waals surface area contributed by atoms with Crippen LogP contribution in [0.25, 0.3) is 0 Å². The standard InChI is InChI=1S/C12H18ClNS/c1-9-8-15-12(14-9)7-10-5-3-2-4-6-11(10)13/h8,10-11H,2-7H2,1H3. The van der Waals surface area contributed by atoms with Crippen molar-refractivity contribution in [2.45, 2.75) is 50.8 Å². The Bertz CT molecular complexity index is 310. The molecule has 0 aliphatic heterocycles. The smallest absolute Gasteiger partial charge is 0.0931 e. The molecule has 0 aromatic carbocycles. The number of hydrogen-bond acceptors (Lipinski definition) is 2. The molecule has 3 heteroatoms. The van der Waals surface area contributed by atoms with Crippen LogP contribution in [0.1, 0.15) is 42.8 Å². The van der Waals surface area contributed by atoms with E-state index in [0.29, 0.717) is 11.3 Å². The lowest BCUT2D eigenvalue weighted by Crippen LogP contribution is -2.15. The van der Waals surface area contributed by atoms with Gasteiger partial charge in [-0.15, -0.1) is 22.9 Å². The maximum absolute atomic E-state index is 6.42. The number of hydrogen-bond donors (Lipinski definition) is 0. The van der Waals surface area contributed by atoms with Crippen molar-refractivity contribution in [1.82, 2.24) is 4.98 Å². The summed E-state index contributed by atoms with van der Waals surface area (Å²) in [6.45, 7) is 2.06. The molecule has 0 N–H and O–H groups in total. The van der Waals surface area contributed by atoms with Gasteiger partial charge in [0.25, 0.3) is 0 Å². The van der Waals surface area contributed by atoms with Crippen LogP contribution in [0.5, 0.6) is 0 Å². The molecule has 84 valence electrons. The number of alkyl halides is 1. The van der Waals surface area contributed by atoms with Crippen LogP contribution in [-0.4, -0.2) is 10.4 Å². The number of halogens is 1. The molecule has 2 atom stereocenters. The van der Waals surface area contributed by atoms with Crippen molar-refractivity contribution in [2.75, 3.05) is 0 Å². The predicted molar refractivity (Wildman–Crippen MR) is 66.8 cm³/mol. The van der Waals surface area contributed by atoms with E-state index in [1.165, 1.54) is 37.1 Å². The molecule has 1 heterocycles. The van der Waals surface area contributed by atoms with Crippen LogP contribution in [-0.2, 0) is 6.42 Å². The summed E-state index contributed by atoms with van der Waals surface area (Å²) in [5, 5.41) is 3.77. The van der Waals surface area contributed by atoms with Crippen molar-refractivity contribution in [2.24, 2.45) is 5.92 Å². The Balaban J connectivity index is 1.97. The Kier molecular flexibility index (Phi) is 4.04. The molecule has 1 saturated carbocycles. The zero-order chi connectivity index (χ0) is 10.7. The highest BCUT2D eigenvalue weighted by Crippen LogP contribution is 2.30. The molecule has 1 aliphatic carbocycles. The summed E-state index contributed by atoms with van der Waals surface area (Å²) in [5.74, 6) is 0.653. The first-order chi connectivity index (χ1) is 7.25. The molecule has 0 radical (unpaired) electrons. The number of aryl methyl sites for hydroxylation is 1. The van der Waals surface area contributed by atoms with Gasteiger partial charge in [-0.3, -0.25) is 0 Å². The van der Waals surface area contributed by atoms with E-state index in [0.717, 1.165) is 12.1 Å². The third-order valence-corrected chi connectivity index (χ3v) is 4.73. The van der Waals surface area contributed by atoms with Crippen LogP contribution in [0, 0.1) is 12.8 Å². The first kappa shape index (κ1) is 11.4. The molecule has 1 aliphatic rings. The summed E-state index contributed by atoms with van der Waals surface area (Å²) in [6, 6.07) is 0. The van der Waals surface area contributed by atoms with Crippen LogP contribution in [0.3, 0.4) is 0 Å². The third-order valence-electron chi connectivity index (χ3n) is 3.17. The van der Waals surface area contributed by atoms with Gasteiger partial charge in [0.2, 0.25) is 0 Å². The normalized spacial score (nSPS) is 27.6. The highest BCUT2D eigenvalue weighted by Gasteiger charge is 2.22. The van der Waals surface area contributed by atoms with Crippen molar-refractivity contribution in [3.8, 4) is 0 Å². The van der Waals surface area contributed by atoms with Gasteiger partial charge in [-0.05, 0) is 25.7 Å². The third kappa shape index (κ3) is 3.18. The zero-order valence-corrected chi connectivity index (χ0v) is 10.8. The predicted octanol–water partition coefficient (Wildman–Crippen LogP) is 4.18. The molecular formula is C12H18ClNS. The van der Waals surface area contributed by atoms with Crippen LogP contribution in [0.4, 0.5) is 0 Å². The highest BCUT2D eigenvalue weighted by molar-refractivity contribution is 7.09. The van der Waals surface area contributed by atoms with Crippen LogP contribution >= 0.6 is 22.9 Å². The molecule has 2 rings (SSSR count). The number of aromatic nitrogens is 1. The molecule has 0 bridgehead atoms. The highest BCUT2D eigenvalue weighted by atomic mass is 35.5. The molecule has 0 spiro atoms. The monoisotopic (exact) mass is 243 g/mol. The van der Waals surface area contributed by atoms with E-state index in [9.17, 15) is 0 Å². The van der Waals surface area contributed by atoms with Gasteiger partial charge >= 0.3 is 0 Å². The Morgan fingerprint density at radius 3 is 2.93 bits per heavy atom. The van der Waals surface area contributed by atoms with Gasteiger partial charge in [0, 0.05) is 22.9 Å². The average Bonchev–Trinajstić information content (AvgIpc) is 2.50. The van der Waals surface area contributed by atoms with Crippen LogP contribution < -0.4 is 0 Å². The van der Waals surface area contributed by atoms with Crippen molar-refractivity contribution < 1.29 is 0 Å². The second kappa shape index (κ2) is 5.31. The van der Waals surface area contributed by atoms with Crippen molar-refractivity contribution in [3.05, 3.63) is 16.1 Å². The topological polar surface area (TPSA) is 12.9 Å². The van der Waals surface area contributed by atoms with Crippen molar-refractivity contribution in [3.63, 3.8) is 0 Å². The van der Waals surface area contributed by atoms with E-state index >= 15 is 0 Å². The second-order valence-corrected chi connectivity index (χ2v) is 6.00. The van der Waals surface area contributed by atoms with Gasteiger partial charge in [0.05, 0.1) is 5.01 Å². The van der Waals surface area contributed by atoms with E-state index in [1.807, 2.05) is 0 Å². The molecule has 0 amide bonds. The molecular weight excluding hydrogens is 226 g/mol. The first-order valence-electron chi connectivity index (χ1n) is 5.81. The van der Waals surface area contributed by atoms with Gasteiger partial charge in [0.15, 0.2) is 0 Å². The quantitative estimate of drug-likeness (QED) is 0.561. The summed E-state index contributed by atoms with van der Waals surface area (Å²) in [4.78, 5) is 4.53. The molecule has 1 nitrogen and oxygen atoms in total. The van der Waals surface area contributed by atoms with E-state index in [2.05, 4.69) is 17.3 Å². The summed E-state index contributed by atoms with van der Waals surface area (Å²) in [5.41, 5.74) is 1.15. The van der Waals surface area contributed by atoms with Gasteiger partial charge in [0.1, 0.15) is 0 Å². The van der Waals surface area contributed by atoms with Gasteiger partial charge in [-0.25, -0.2) is 4.98 Å². The summed E-state index contributed by atoms with van der Waals surface area (Å²) in [7, 11) is 0. The van der Waals surface area contributed by atoms with E-state index in [4.69, 9.17) is 11.6 Å². The van der Waals surface area contributed by atoms with Crippen molar-refractivity contribution in [1.29, 1.82) is 0 Å². The minimum absolute atomic E-state index is 0.372. The van der Waals surface area contributed by atoms with E-state index in [-0.39, 0.29) is 0 Å². The van der Waals surface area contributed by atoms with Gasteiger partial charge in [-0.2, -0.15) is 0 Å². The van der Waals surface area contributed by atoms with E-state index < -0.39 is 0 Å². The molecule has 0 saturated heterocycles. The largest absolute Gasteiger partial charge is 0.247 e.